The van der Waals surface area contributed by atoms with Crippen molar-refractivity contribution < 1.29 is 0 Å². The number of hydrogen-bond donors (Lipinski definition) is 0. The Kier molecular flexibility index (Phi) is 3.89. The Bertz CT molecular complexity index is 1520. The van der Waals surface area contributed by atoms with Gasteiger partial charge in [0.05, 0.1) is 0 Å². The molecule has 4 bridgehead atoms. The lowest BCUT2D eigenvalue weighted by molar-refractivity contribution is -0.0416. The van der Waals surface area contributed by atoms with E-state index in [0.29, 0.717) is 0 Å². The topological polar surface area (TPSA) is 0 Å². The molecule has 0 heteroatoms. The van der Waals surface area contributed by atoms with Crippen molar-refractivity contribution >= 4 is 0 Å². The summed E-state index contributed by atoms with van der Waals surface area (Å²) in [5, 5.41) is 0. The molecule has 0 atom stereocenters. The monoisotopic (exact) mass is 464 g/mol. The van der Waals surface area contributed by atoms with Crippen LogP contribution in [0.3, 0.4) is 0 Å². The quantitative estimate of drug-likeness (QED) is 0.241. The minimum atomic E-state index is 0.153. The Labute approximate surface area is 214 Å². The summed E-state index contributed by atoms with van der Waals surface area (Å²) >= 11 is 0. The van der Waals surface area contributed by atoms with E-state index in [-0.39, 0.29) is 5.41 Å². The molecule has 0 radical (unpaired) electrons. The average molecular weight is 465 g/mol. The van der Waals surface area contributed by atoms with E-state index in [9.17, 15) is 0 Å². The maximum Gasteiger partial charge on any atom is 0.0265 e. The summed E-state index contributed by atoms with van der Waals surface area (Å²) in [6.07, 6.45) is 9.38. The minimum Gasteiger partial charge on any atom is -0.0619 e. The van der Waals surface area contributed by atoms with Crippen LogP contribution in [0, 0.1) is 23.7 Å². The summed E-state index contributed by atoms with van der Waals surface area (Å²) in [5.74, 6) is 3.47. The SMILES string of the molecule is c1ccc2c(c1)Cc1cc(C3(c4cccc5c4-c4ccccc4C5)C4CC5CC(C4)CC3C5)ccc1-2. The molecule has 0 spiro atoms. The van der Waals surface area contributed by atoms with E-state index >= 15 is 0 Å². The molecule has 0 unspecified atom stereocenters. The molecule has 0 aromatic heterocycles. The summed E-state index contributed by atoms with van der Waals surface area (Å²) in [6, 6.07) is 33.3. The molecule has 4 aromatic carbocycles. The van der Waals surface area contributed by atoms with Gasteiger partial charge in [-0.1, -0.05) is 84.9 Å². The normalized spacial score (nSPS) is 30.1. The first kappa shape index (κ1) is 20.0. The summed E-state index contributed by atoms with van der Waals surface area (Å²) < 4.78 is 0. The molecule has 6 aliphatic rings. The molecule has 0 heterocycles. The average Bonchev–Trinajstić information content (AvgIpc) is 3.46. The van der Waals surface area contributed by atoms with Crippen LogP contribution in [-0.4, -0.2) is 0 Å². The summed E-state index contributed by atoms with van der Waals surface area (Å²) in [4.78, 5) is 0. The highest BCUT2D eigenvalue weighted by atomic mass is 14.6. The third-order valence-corrected chi connectivity index (χ3v) is 11.0. The molecular weight excluding hydrogens is 432 g/mol. The van der Waals surface area contributed by atoms with Gasteiger partial charge in [-0.2, -0.15) is 0 Å². The zero-order valence-corrected chi connectivity index (χ0v) is 20.8. The highest BCUT2D eigenvalue weighted by Crippen LogP contribution is 2.67. The Morgan fingerprint density at radius 2 is 1.11 bits per heavy atom. The van der Waals surface area contributed by atoms with Gasteiger partial charge in [0.25, 0.3) is 0 Å². The van der Waals surface area contributed by atoms with Gasteiger partial charge in [-0.3, -0.25) is 0 Å². The number of rotatable bonds is 2. The molecule has 0 nitrogen and oxygen atoms in total. The first-order valence-electron chi connectivity index (χ1n) is 14.2. The van der Waals surface area contributed by atoms with Crippen molar-refractivity contribution in [1.29, 1.82) is 0 Å². The van der Waals surface area contributed by atoms with Crippen LogP contribution in [0.15, 0.2) is 84.9 Å². The molecule has 4 saturated carbocycles. The molecule has 0 aliphatic heterocycles. The molecule has 0 saturated heterocycles. The van der Waals surface area contributed by atoms with Crippen LogP contribution in [0.25, 0.3) is 22.3 Å². The largest absolute Gasteiger partial charge is 0.0619 e. The molecule has 4 fully saturated rings. The standard InChI is InChI=1S/C36H32/c1-3-9-31-24(6-1)20-27-21-28(12-13-32(27)31)36(29-15-22-14-23(17-29)18-30(36)16-22)34-11-5-8-26-19-25-7-2-4-10-33(25)35(26)34/h1-13,21-23,29-30H,14-20H2. The fourth-order valence-corrected chi connectivity index (χ4v) is 9.93. The minimum absolute atomic E-state index is 0.153. The lowest BCUT2D eigenvalue weighted by atomic mass is 9.41. The van der Waals surface area contributed by atoms with E-state index in [1.807, 2.05) is 0 Å². The third-order valence-electron chi connectivity index (χ3n) is 11.0. The fraction of sp³-hybridized carbons (Fsp3) is 0.333. The predicted octanol–water partition coefficient (Wildman–Crippen LogP) is 8.57. The van der Waals surface area contributed by atoms with E-state index in [1.54, 1.807) is 27.8 Å². The van der Waals surface area contributed by atoms with Crippen molar-refractivity contribution in [2.45, 2.75) is 50.4 Å². The van der Waals surface area contributed by atoms with Gasteiger partial charge in [-0.25, -0.2) is 0 Å². The van der Waals surface area contributed by atoms with Gasteiger partial charge in [0, 0.05) is 5.41 Å². The maximum atomic E-state index is 2.66. The molecule has 0 amide bonds. The molecule has 176 valence electrons. The van der Waals surface area contributed by atoms with Gasteiger partial charge in [0.1, 0.15) is 0 Å². The zero-order chi connectivity index (χ0) is 23.4. The Morgan fingerprint density at radius 1 is 0.500 bits per heavy atom. The van der Waals surface area contributed by atoms with Gasteiger partial charge >= 0.3 is 0 Å². The van der Waals surface area contributed by atoms with E-state index < -0.39 is 0 Å². The number of fused-ring (bicyclic) bond motifs is 6. The van der Waals surface area contributed by atoms with Crippen LogP contribution < -0.4 is 0 Å². The molecule has 6 aliphatic carbocycles. The Morgan fingerprint density at radius 3 is 1.89 bits per heavy atom. The molecule has 4 aromatic rings. The first-order chi connectivity index (χ1) is 17.8. The van der Waals surface area contributed by atoms with Crippen LogP contribution in [-0.2, 0) is 18.3 Å². The van der Waals surface area contributed by atoms with Crippen molar-refractivity contribution in [2.75, 3.05) is 0 Å². The second kappa shape index (κ2) is 7.00. The smallest absolute Gasteiger partial charge is 0.0265 e. The second-order valence-corrected chi connectivity index (χ2v) is 12.6. The maximum absolute atomic E-state index is 2.66. The van der Waals surface area contributed by atoms with Gasteiger partial charge in [-0.05, 0) is 124 Å². The van der Waals surface area contributed by atoms with Crippen molar-refractivity contribution in [1.82, 2.24) is 0 Å². The summed E-state index contributed by atoms with van der Waals surface area (Å²) in [5.41, 5.74) is 15.6. The van der Waals surface area contributed by atoms with Crippen molar-refractivity contribution in [3.63, 3.8) is 0 Å². The number of benzene rings is 4. The van der Waals surface area contributed by atoms with E-state index in [1.165, 1.54) is 59.9 Å². The number of hydrogen-bond acceptors (Lipinski definition) is 0. The van der Waals surface area contributed by atoms with Crippen LogP contribution in [0.2, 0.25) is 0 Å². The van der Waals surface area contributed by atoms with Crippen molar-refractivity contribution in [2.24, 2.45) is 23.7 Å². The van der Waals surface area contributed by atoms with Crippen molar-refractivity contribution in [3.05, 3.63) is 118 Å². The van der Waals surface area contributed by atoms with Gasteiger partial charge < -0.3 is 0 Å². The second-order valence-electron chi connectivity index (χ2n) is 12.6. The van der Waals surface area contributed by atoms with Gasteiger partial charge in [0.15, 0.2) is 0 Å². The van der Waals surface area contributed by atoms with Crippen LogP contribution in [0.4, 0.5) is 0 Å². The van der Waals surface area contributed by atoms with E-state index in [2.05, 4.69) is 84.9 Å². The highest BCUT2D eigenvalue weighted by molar-refractivity contribution is 5.82. The van der Waals surface area contributed by atoms with Gasteiger partial charge in [-0.15, -0.1) is 0 Å². The summed E-state index contributed by atoms with van der Waals surface area (Å²) in [6.45, 7) is 0. The van der Waals surface area contributed by atoms with Crippen molar-refractivity contribution in [3.8, 4) is 22.3 Å². The molecule has 0 N–H and O–H groups in total. The lowest BCUT2D eigenvalue weighted by Crippen LogP contribution is -2.56. The molecule has 36 heavy (non-hydrogen) atoms. The Balaban J connectivity index is 1.31. The van der Waals surface area contributed by atoms with Crippen LogP contribution >= 0.6 is 0 Å². The van der Waals surface area contributed by atoms with E-state index in [4.69, 9.17) is 0 Å². The third kappa shape index (κ3) is 2.46. The van der Waals surface area contributed by atoms with E-state index in [0.717, 1.165) is 36.5 Å². The highest BCUT2D eigenvalue weighted by Gasteiger charge is 2.59. The first-order valence-corrected chi connectivity index (χ1v) is 14.2. The Hall–Kier alpha value is -3.12. The molecule has 10 rings (SSSR count). The fourth-order valence-electron chi connectivity index (χ4n) is 9.93. The summed E-state index contributed by atoms with van der Waals surface area (Å²) in [7, 11) is 0. The van der Waals surface area contributed by atoms with Gasteiger partial charge in [0.2, 0.25) is 0 Å². The van der Waals surface area contributed by atoms with Crippen LogP contribution in [0.5, 0.6) is 0 Å². The van der Waals surface area contributed by atoms with Crippen LogP contribution in [0.1, 0.15) is 65.5 Å². The zero-order valence-electron chi connectivity index (χ0n) is 20.8. The predicted molar refractivity (Wildman–Crippen MR) is 147 cm³/mol. The molecular formula is C36H32. The lowest BCUT2D eigenvalue weighted by Gasteiger charge is -2.62.